The van der Waals surface area contributed by atoms with E-state index in [9.17, 15) is 4.79 Å². The molecule has 2 N–H and O–H groups in total. The van der Waals surface area contributed by atoms with Crippen molar-refractivity contribution in [3.8, 4) is 11.5 Å². The molecule has 8 heteroatoms. The fourth-order valence-electron chi connectivity index (χ4n) is 3.19. The van der Waals surface area contributed by atoms with Gasteiger partial charge in [-0.1, -0.05) is 29.8 Å². The molecule has 7 nitrogen and oxygen atoms in total. The lowest BCUT2D eigenvalue weighted by Gasteiger charge is -2.28. The molecule has 0 saturated carbocycles. The molecule has 1 aliphatic rings. The van der Waals surface area contributed by atoms with Crippen LogP contribution in [0, 0.1) is 0 Å². The predicted molar refractivity (Wildman–Crippen MR) is 121 cm³/mol. The highest BCUT2D eigenvalue weighted by Crippen LogP contribution is 2.32. The zero-order chi connectivity index (χ0) is 21.5. The Hall–Kier alpha value is -3.29. The number of pyridine rings is 1. The first-order valence-electron chi connectivity index (χ1n) is 10.0. The van der Waals surface area contributed by atoms with Gasteiger partial charge >= 0.3 is 6.03 Å². The van der Waals surface area contributed by atoms with Gasteiger partial charge in [0, 0.05) is 30.9 Å². The van der Waals surface area contributed by atoms with Gasteiger partial charge in [0.15, 0.2) is 5.75 Å². The summed E-state index contributed by atoms with van der Waals surface area (Å²) in [4.78, 5) is 19.1. The predicted octanol–water partition coefficient (Wildman–Crippen LogP) is 4.69. The van der Waals surface area contributed by atoms with Crippen molar-refractivity contribution in [2.24, 2.45) is 0 Å². The number of halogens is 1. The molecule has 1 saturated heterocycles. The number of hydrogen-bond acceptors (Lipinski definition) is 5. The van der Waals surface area contributed by atoms with Crippen molar-refractivity contribution in [2.75, 3.05) is 36.5 Å². The molecule has 0 bridgehead atoms. The van der Waals surface area contributed by atoms with Crippen LogP contribution in [0.1, 0.15) is 5.56 Å². The van der Waals surface area contributed by atoms with Crippen LogP contribution >= 0.6 is 11.6 Å². The van der Waals surface area contributed by atoms with Gasteiger partial charge in [-0.25, -0.2) is 9.78 Å². The third-order valence-corrected chi connectivity index (χ3v) is 4.99. The van der Waals surface area contributed by atoms with E-state index in [1.807, 2.05) is 42.5 Å². The van der Waals surface area contributed by atoms with Gasteiger partial charge in [-0.2, -0.15) is 0 Å². The molecule has 0 unspecified atom stereocenters. The van der Waals surface area contributed by atoms with Gasteiger partial charge in [0.2, 0.25) is 0 Å². The lowest BCUT2D eigenvalue weighted by molar-refractivity contribution is 0.122. The Morgan fingerprint density at radius 1 is 1.10 bits per heavy atom. The topological polar surface area (TPSA) is 75.7 Å². The SMILES string of the molecule is O=C(NCc1ccnc(N2CCOCC2)c1)Nc1cc(Cl)ccc1Oc1ccccc1. The van der Waals surface area contributed by atoms with E-state index in [0.717, 1.165) is 24.5 Å². The Morgan fingerprint density at radius 3 is 2.71 bits per heavy atom. The maximum atomic E-state index is 12.5. The van der Waals surface area contributed by atoms with Crippen LogP contribution in [0.3, 0.4) is 0 Å². The number of benzene rings is 2. The van der Waals surface area contributed by atoms with Gasteiger partial charge in [0.1, 0.15) is 11.6 Å². The minimum Gasteiger partial charge on any atom is -0.455 e. The maximum absolute atomic E-state index is 12.5. The van der Waals surface area contributed by atoms with Crippen molar-refractivity contribution in [2.45, 2.75) is 6.54 Å². The molecule has 4 rings (SSSR count). The van der Waals surface area contributed by atoms with Crippen molar-refractivity contribution in [1.29, 1.82) is 0 Å². The van der Waals surface area contributed by atoms with Crippen LogP contribution in [-0.2, 0) is 11.3 Å². The summed E-state index contributed by atoms with van der Waals surface area (Å²) in [6.07, 6.45) is 1.75. The van der Waals surface area contributed by atoms with E-state index < -0.39 is 0 Å². The van der Waals surface area contributed by atoms with Crippen LogP contribution in [0.5, 0.6) is 11.5 Å². The van der Waals surface area contributed by atoms with Crippen LogP contribution in [0.4, 0.5) is 16.3 Å². The smallest absolute Gasteiger partial charge is 0.319 e. The first-order chi connectivity index (χ1) is 15.2. The van der Waals surface area contributed by atoms with E-state index in [-0.39, 0.29) is 6.03 Å². The summed E-state index contributed by atoms with van der Waals surface area (Å²) < 4.78 is 11.3. The molecule has 2 heterocycles. The number of morpholine rings is 1. The number of hydrogen-bond donors (Lipinski definition) is 2. The van der Waals surface area contributed by atoms with Gasteiger partial charge in [0.25, 0.3) is 0 Å². The highest BCUT2D eigenvalue weighted by atomic mass is 35.5. The summed E-state index contributed by atoms with van der Waals surface area (Å²) in [6.45, 7) is 3.37. The van der Waals surface area contributed by atoms with Crippen molar-refractivity contribution < 1.29 is 14.3 Å². The van der Waals surface area contributed by atoms with Gasteiger partial charge < -0.3 is 25.0 Å². The number of carbonyl (C=O) groups is 1. The molecule has 2 amide bonds. The zero-order valence-electron chi connectivity index (χ0n) is 16.9. The number of carbonyl (C=O) groups excluding carboxylic acids is 1. The fourth-order valence-corrected chi connectivity index (χ4v) is 3.36. The second-order valence-corrected chi connectivity index (χ2v) is 7.42. The standard InChI is InChI=1S/C23H23ClN4O3/c24-18-6-7-21(31-19-4-2-1-3-5-19)20(15-18)27-23(29)26-16-17-8-9-25-22(14-17)28-10-12-30-13-11-28/h1-9,14-15H,10-13,16H2,(H2,26,27,29). The Kier molecular flexibility index (Phi) is 6.86. The Labute approximate surface area is 186 Å². The lowest BCUT2D eigenvalue weighted by Crippen LogP contribution is -2.36. The maximum Gasteiger partial charge on any atom is 0.319 e. The summed E-state index contributed by atoms with van der Waals surface area (Å²) in [5.74, 6) is 2.06. The third kappa shape index (κ3) is 5.87. The zero-order valence-corrected chi connectivity index (χ0v) is 17.6. The van der Waals surface area contributed by atoms with E-state index in [4.69, 9.17) is 21.1 Å². The number of rotatable bonds is 6. The minimum absolute atomic E-state index is 0.357. The fraction of sp³-hybridized carbons (Fsp3) is 0.217. The van der Waals surface area contributed by atoms with Crippen molar-refractivity contribution in [3.05, 3.63) is 77.4 Å². The number of aromatic nitrogens is 1. The molecule has 0 atom stereocenters. The number of anilines is 2. The monoisotopic (exact) mass is 438 g/mol. The average Bonchev–Trinajstić information content (AvgIpc) is 2.81. The van der Waals surface area contributed by atoms with E-state index in [2.05, 4.69) is 20.5 Å². The molecule has 0 radical (unpaired) electrons. The number of nitrogens with one attached hydrogen (secondary N) is 2. The normalized spacial score (nSPS) is 13.5. The van der Waals surface area contributed by atoms with E-state index in [1.165, 1.54) is 0 Å². The van der Waals surface area contributed by atoms with Crippen LogP contribution < -0.4 is 20.3 Å². The lowest BCUT2D eigenvalue weighted by atomic mass is 10.2. The Bertz CT molecular complexity index is 1030. The van der Waals surface area contributed by atoms with E-state index in [0.29, 0.717) is 42.0 Å². The van der Waals surface area contributed by atoms with Crippen LogP contribution in [-0.4, -0.2) is 37.3 Å². The van der Waals surface area contributed by atoms with Gasteiger partial charge in [-0.3, -0.25) is 0 Å². The second-order valence-electron chi connectivity index (χ2n) is 6.98. The summed E-state index contributed by atoms with van der Waals surface area (Å²) in [7, 11) is 0. The number of nitrogens with zero attached hydrogens (tertiary/aromatic N) is 2. The molecule has 1 aromatic heterocycles. The highest BCUT2D eigenvalue weighted by Gasteiger charge is 2.13. The molecule has 31 heavy (non-hydrogen) atoms. The third-order valence-electron chi connectivity index (χ3n) is 4.76. The van der Waals surface area contributed by atoms with Crippen molar-refractivity contribution in [1.82, 2.24) is 10.3 Å². The van der Waals surface area contributed by atoms with Gasteiger partial charge in [0.05, 0.1) is 18.9 Å². The van der Waals surface area contributed by atoms with E-state index in [1.54, 1.807) is 24.4 Å². The van der Waals surface area contributed by atoms with Crippen molar-refractivity contribution >= 4 is 29.1 Å². The summed E-state index contributed by atoms with van der Waals surface area (Å²) >= 11 is 6.12. The van der Waals surface area contributed by atoms with E-state index >= 15 is 0 Å². The summed E-state index contributed by atoms with van der Waals surface area (Å²) in [6, 6.07) is 18.0. The number of para-hydroxylation sites is 1. The molecule has 0 spiro atoms. The summed E-state index contributed by atoms with van der Waals surface area (Å²) in [5, 5.41) is 6.19. The molecule has 1 fully saturated rings. The molecular formula is C23H23ClN4O3. The Balaban J connectivity index is 1.38. The molecule has 2 aromatic carbocycles. The Morgan fingerprint density at radius 2 is 1.90 bits per heavy atom. The van der Waals surface area contributed by atoms with Crippen LogP contribution in [0.25, 0.3) is 0 Å². The van der Waals surface area contributed by atoms with Gasteiger partial charge in [-0.05, 0) is 48.0 Å². The largest absolute Gasteiger partial charge is 0.455 e. The first-order valence-corrected chi connectivity index (χ1v) is 10.4. The molecular weight excluding hydrogens is 416 g/mol. The van der Waals surface area contributed by atoms with Crippen LogP contribution in [0.15, 0.2) is 66.9 Å². The minimum atomic E-state index is -0.357. The summed E-state index contributed by atoms with van der Waals surface area (Å²) in [5.41, 5.74) is 1.44. The quantitative estimate of drug-likeness (QED) is 0.584. The first kappa shape index (κ1) is 21.0. The van der Waals surface area contributed by atoms with Crippen molar-refractivity contribution in [3.63, 3.8) is 0 Å². The number of amides is 2. The second kappa shape index (κ2) is 10.1. The molecule has 1 aliphatic heterocycles. The number of ether oxygens (including phenoxy) is 2. The molecule has 3 aromatic rings. The van der Waals surface area contributed by atoms with Gasteiger partial charge in [-0.15, -0.1) is 0 Å². The highest BCUT2D eigenvalue weighted by molar-refractivity contribution is 6.31. The van der Waals surface area contributed by atoms with Crippen LogP contribution in [0.2, 0.25) is 5.02 Å². The molecule has 0 aliphatic carbocycles. The average molecular weight is 439 g/mol. The molecule has 160 valence electrons. The number of urea groups is 1.